The highest BCUT2D eigenvalue weighted by Crippen LogP contribution is 2.20. The molecule has 1 amide bonds. The monoisotopic (exact) mass is 219 g/mol. The minimum absolute atomic E-state index is 0.0916. The molecule has 86 valence electrons. The fourth-order valence-electron chi connectivity index (χ4n) is 1.38. The molecule has 3 nitrogen and oxygen atoms in total. The lowest BCUT2D eigenvalue weighted by Gasteiger charge is -2.05. The summed E-state index contributed by atoms with van der Waals surface area (Å²) in [5, 5.41) is 2.70. The molecule has 0 spiro atoms. The van der Waals surface area contributed by atoms with E-state index in [1.807, 2.05) is 32.0 Å². The van der Waals surface area contributed by atoms with Crippen LogP contribution in [0.5, 0.6) is 5.75 Å². The number of amides is 1. The number of hydrogen-bond acceptors (Lipinski definition) is 2. The largest absolute Gasteiger partial charge is 0.496 e. The second-order valence-electron chi connectivity index (χ2n) is 3.47. The van der Waals surface area contributed by atoms with Crippen molar-refractivity contribution in [2.75, 3.05) is 13.7 Å². The van der Waals surface area contributed by atoms with Crippen LogP contribution in [0.2, 0.25) is 0 Å². The van der Waals surface area contributed by atoms with Gasteiger partial charge >= 0.3 is 0 Å². The van der Waals surface area contributed by atoms with E-state index in [2.05, 4.69) is 5.32 Å². The third kappa shape index (κ3) is 3.42. The van der Waals surface area contributed by atoms with Gasteiger partial charge in [-0.05, 0) is 32.1 Å². The van der Waals surface area contributed by atoms with Gasteiger partial charge in [-0.2, -0.15) is 0 Å². The van der Waals surface area contributed by atoms with Gasteiger partial charge in [-0.1, -0.05) is 11.6 Å². The van der Waals surface area contributed by atoms with E-state index in [-0.39, 0.29) is 5.91 Å². The van der Waals surface area contributed by atoms with Crippen LogP contribution in [0.4, 0.5) is 0 Å². The summed E-state index contributed by atoms with van der Waals surface area (Å²) in [6.45, 7) is 4.52. The number of carbonyl (C=O) groups excluding carboxylic acids is 1. The fraction of sp³-hybridized carbons (Fsp3) is 0.308. The number of ether oxygens (including phenoxy) is 1. The molecule has 1 rings (SSSR count). The molecule has 0 heterocycles. The number of likely N-dealkylation sites (N-methyl/N-ethyl adjacent to an activating group) is 1. The first-order chi connectivity index (χ1) is 7.67. The highest BCUT2D eigenvalue weighted by Gasteiger charge is 2.00. The Balaban J connectivity index is 2.86. The van der Waals surface area contributed by atoms with Gasteiger partial charge in [-0.3, -0.25) is 4.79 Å². The van der Waals surface area contributed by atoms with E-state index in [4.69, 9.17) is 4.74 Å². The van der Waals surface area contributed by atoms with E-state index in [1.165, 1.54) is 6.08 Å². The van der Waals surface area contributed by atoms with Crippen LogP contribution in [-0.4, -0.2) is 19.6 Å². The van der Waals surface area contributed by atoms with Crippen LogP contribution >= 0.6 is 0 Å². The molecule has 0 saturated heterocycles. The Bertz CT molecular complexity index is 397. The Morgan fingerprint density at radius 1 is 1.50 bits per heavy atom. The second-order valence-corrected chi connectivity index (χ2v) is 3.47. The first kappa shape index (κ1) is 12.3. The third-order valence-electron chi connectivity index (χ3n) is 2.15. The third-order valence-corrected chi connectivity index (χ3v) is 2.15. The zero-order valence-corrected chi connectivity index (χ0v) is 9.91. The van der Waals surface area contributed by atoms with Crippen molar-refractivity contribution in [2.24, 2.45) is 0 Å². The highest BCUT2D eigenvalue weighted by molar-refractivity contribution is 5.92. The molecular weight excluding hydrogens is 202 g/mol. The van der Waals surface area contributed by atoms with Crippen LogP contribution in [0.1, 0.15) is 18.1 Å². The van der Waals surface area contributed by atoms with Crippen molar-refractivity contribution in [1.82, 2.24) is 5.32 Å². The van der Waals surface area contributed by atoms with Gasteiger partial charge in [0.1, 0.15) is 5.75 Å². The molecule has 0 bridgehead atoms. The topological polar surface area (TPSA) is 38.3 Å². The zero-order chi connectivity index (χ0) is 12.0. The predicted molar refractivity (Wildman–Crippen MR) is 65.4 cm³/mol. The number of carbonyl (C=O) groups is 1. The smallest absolute Gasteiger partial charge is 0.243 e. The van der Waals surface area contributed by atoms with Crippen LogP contribution in [0.25, 0.3) is 6.08 Å². The van der Waals surface area contributed by atoms with E-state index in [1.54, 1.807) is 13.2 Å². The Hall–Kier alpha value is -1.77. The molecule has 0 atom stereocenters. The van der Waals surface area contributed by atoms with Crippen molar-refractivity contribution in [3.8, 4) is 5.75 Å². The van der Waals surface area contributed by atoms with Crippen molar-refractivity contribution in [1.29, 1.82) is 0 Å². The number of benzene rings is 1. The SMILES string of the molecule is CCNC(=O)C=Cc1cc(C)ccc1OC. The van der Waals surface area contributed by atoms with E-state index in [0.29, 0.717) is 6.54 Å². The Morgan fingerprint density at radius 2 is 2.25 bits per heavy atom. The maximum absolute atomic E-state index is 11.3. The molecule has 0 aromatic heterocycles. The van der Waals surface area contributed by atoms with Crippen molar-refractivity contribution < 1.29 is 9.53 Å². The molecule has 1 aromatic carbocycles. The molecule has 0 aliphatic rings. The summed E-state index contributed by atoms with van der Waals surface area (Å²) in [6, 6.07) is 5.85. The Labute approximate surface area is 96.1 Å². The minimum atomic E-state index is -0.0916. The lowest BCUT2D eigenvalue weighted by atomic mass is 10.1. The lowest BCUT2D eigenvalue weighted by Crippen LogP contribution is -2.19. The zero-order valence-electron chi connectivity index (χ0n) is 9.91. The van der Waals surface area contributed by atoms with Crippen LogP contribution in [0, 0.1) is 6.92 Å². The van der Waals surface area contributed by atoms with Gasteiger partial charge in [0, 0.05) is 18.2 Å². The summed E-state index contributed by atoms with van der Waals surface area (Å²) in [4.78, 5) is 11.3. The molecule has 0 aliphatic heterocycles. The van der Waals surface area contributed by atoms with E-state index >= 15 is 0 Å². The summed E-state index contributed by atoms with van der Waals surface area (Å²) in [5.41, 5.74) is 2.05. The maximum Gasteiger partial charge on any atom is 0.243 e. The number of aryl methyl sites for hydroxylation is 1. The Kier molecular flexibility index (Phi) is 4.58. The van der Waals surface area contributed by atoms with E-state index < -0.39 is 0 Å². The van der Waals surface area contributed by atoms with Crippen molar-refractivity contribution in [3.63, 3.8) is 0 Å². The van der Waals surface area contributed by atoms with Crippen LogP contribution in [-0.2, 0) is 4.79 Å². The standard InChI is InChI=1S/C13H17NO2/c1-4-14-13(15)8-6-11-9-10(2)5-7-12(11)16-3/h5-9H,4H2,1-3H3,(H,14,15). The summed E-state index contributed by atoms with van der Waals surface area (Å²) >= 11 is 0. The number of nitrogens with one attached hydrogen (secondary N) is 1. The van der Waals surface area contributed by atoms with E-state index in [0.717, 1.165) is 16.9 Å². The predicted octanol–water partition coefficient (Wildman–Crippen LogP) is 2.15. The van der Waals surface area contributed by atoms with Gasteiger partial charge < -0.3 is 10.1 Å². The summed E-state index contributed by atoms with van der Waals surface area (Å²) in [7, 11) is 1.62. The van der Waals surface area contributed by atoms with Gasteiger partial charge in [0.05, 0.1) is 7.11 Å². The molecule has 1 N–H and O–H groups in total. The van der Waals surface area contributed by atoms with Gasteiger partial charge in [0.15, 0.2) is 0 Å². The average molecular weight is 219 g/mol. The van der Waals surface area contributed by atoms with Gasteiger partial charge in [0.25, 0.3) is 0 Å². The maximum atomic E-state index is 11.3. The number of hydrogen-bond donors (Lipinski definition) is 1. The van der Waals surface area contributed by atoms with Crippen molar-refractivity contribution in [2.45, 2.75) is 13.8 Å². The minimum Gasteiger partial charge on any atom is -0.496 e. The average Bonchev–Trinajstić information content (AvgIpc) is 2.27. The van der Waals surface area contributed by atoms with Crippen molar-refractivity contribution in [3.05, 3.63) is 35.4 Å². The molecule has 0 unspecified atom stereocenters. The normalized spacial score (nSPS) is 10.4. The van der Waals surface area contributed by atoms with Gasteiger partial charge in [0.2, 0.25) is 5.91 Å². The number of rotatable bonds is 4. The Morgan fingerprint density at radius 3 is 2.88 bits per heavy atom. The summed E-state index contributed by atoms with van der Waals surface area (Å²) < 4.78 is 5.21. The van der Waals surface area contributed by atoms with Crippen LogP contribution < -0.4 is 10.1 Å². The second kappa shape index (κ2) is 5.95. The molecule has 0 aliphatic carbocycles. The highest BCUT2D eigenvalue weighted by atomic mass is 16.5. The lowest BCUT2D eigenvalue weighted by molar-refractivity contribution is -0.116. The van der Waals surface area contributed by atoms with Crippen LogP contribution in [0.15, 0.2) is 24.3 Å². The molecule has 0 fully saturated rings. The summed E-state index contributed by atoms with van der Waals surface area (Å²) in [6.07, 6.45) is 3.28. The number of methoxy groups -OCH3 is 1. The molecule has 0 saturated carbocycles. The molecule has 0 radical (unpaired) electrons. The van der Waals surface area contributed by atoms with Gasteiger partial charge in [-0.15, -0.1) is 0 Å². The first-order valence-electron chi connectivity index (χ1n) is 5.28. The molecule has 3 heteroatoms. The molecular formula is C13H17NO2. The summed E-state index contributed by atoms with van der Waals surface area (Å²) in [5.74, 6) is 0.678. The quantitative estimate of drug-likeness (QED) is 0.788. The first-order valence-corrected chi connectivity index (χ1v) is 5.28. The van der Waals surface area contributed by atoms with E-state index in [9.17, 15) is 4.79 Å². The molecule has 16 heavy (non-hydrogen) atoms. The van der Waals surface area contributed by atoms with Crippen LogP contribution in [0.3, 0.4) is 0 Å². The van der Waals surface area contributed by atoms with Gasteiger partial charge in [-0.25, -0.2) is 0 Å². The van der Waals surface area contributed by atoms with Crippen molar-refractivity contribution >= 4 is 12.0 Å². The fourth-order valence-corrected chi connectivity index (χ4v) is 1.38. The molecule has 1 aromatic rings.